The lowest BCUT2D eigenvalue weighted by atomic mass is 10.3. The summed E-state index contributed by atoms with van der Waals surface area (Å²) in [5.41, 5.74) is 0.544. The van der Waals surface area contributed by atoms with Crippen LogP contribution in [0.2, 0.25) is 9.36 Å². The largest absolute Gasteiger partial charge is 0.285 e. The maximum atomic E-state index is 12.1. The predicted octanol–water partition coefficient (Wildman–Crippen LogP) is 2.82. The molecule has 0 saturated carbocycles. The molecule has 3 aromatic heterocycles. The molecule has 3 heterocycles. The Labute approximate surface area is 139 Å². The Kier molecular flexibility index (Phi) is 3.85. The van der Waals surface area contributed by atoms with Gasteiger partial charge in [-0.25, -0.2) is 17.7 Å². The molecular weight excluding hydrogens is 369 g/mol. The SMILES string of the molecule is O=C(NS(=O)(=O)c1ccc(Cl)s1)c1cc2cc(Cl)ccn2n1. The second kappa shape index (κ2) is 5.54. The highest BCUT2D eigenvalue weighted by atomic mass is 35.5. The standard InChI is InChI=1S/C12H7Cl2N3O3S2/c13-7-3-4-17-8(5-7)6-9(15-17)12(18)16-22(19,20)11-2-1-10(14)21-11/h1-6H,(H,16,18). The van der Waals surface area contributed by atoms with Gasteiger partial charge in [0.1, 0.15) is 4.21 Å². The number of hydrogen-bond acceptors (Lipinski definition) is 5. The van der Waals surface area contributed by atoms with Crippen molar-refractivity contribution in [2.24, 2.45) is 0 Å². The lowest BCUT2D eigenvalue weighted by Gasteiger charge is -2.02. The van der Waals surface area contributed by atoms with Crippen molar-refractivity contribution in [3.63, 3.8) is 0 Å². The van der Waals surface area contributed by atoms with Gasteiger partial charge in [-0.15, -0.1) is 11.3 Å². The molecule has 114 valence electrons. The molecule has 0 bridgehead atoms. The minimum atomic E-state index is -3.97. The summed E-state index contributed by atoms with van der Waals surface area (Å²) in [5, 5.41) is 4.48. The van der Waals surface area contributed by atoms with Gasteiger partial charge in [-0.05, 0) is 30.3 Å². The van der Waals surface area contributed by atoms with E-state index in [2.05, 4.69) is 5.10 Å². The van der Waals surface area contributed by atoms with Gasteiger partial charge in [-0.3, -0.25) is 4.79 Å². The fourth-order valence-corrected chi connectivity index (χ4v) is 4.36. The molecule has 0 spiro atoms. The highest BCUT2D eigenvalue weighted by Crippen LogP contribution is 2.25. The van der Waals surface area contributed by atoms with Crippen molar-refractivity contribution >= 4 is 56.0 Å². The van der Waals surface area contributed by atoms with Crippen LogP contribution in [0.15, 0.2) is 40.7 Å². The summed E-state index contributed by atoms with van der Waals surface area (Å²) in [6.07, 6.45) is 1.57. The van der Waals surface area contributed by atoms with Gasteiger partial charge in [0.25, 0.3) is 15.9 Å². The van der Waals surface area contributed by atoms with Crippen LogP contribution in [0.4, 0.5) is 0 Å². The second-order valence-electron chi connectivity index (χ2n) is 4.24. The molecule has 10 heteroatoms. The van der Waals surface area contributed by atoms with E-state index in [1.54, 1.807) is 18.3 Å². The smallest absolute Gasteiger partial charge is 0.266 e. The van der Waals surface area contributed by atoms with Crippen molar-refractivity contribution in [2.75, 3.05) is 0 Å². The average Bonchev–Trinajstić information content (AvgIpc) is 3.04. The van der Waals surface area contributed by atoms with Crippen LogP contribution in [0.5, 0.6) is 0 Å². The van der Waals surface area contributed by atoms with Gasteiger partial charge in [0, 0.05) is 11.2 Å². The molecule has 1 amide bonds. The van der Waals surface area contributed by atoms with E-state index >= 15 is 0 Å². The van der Waals surface area contributed by atoms with Gasteiger partial charge in [0.15, 0.2) is 5.69 Å². The summed E-state index contributed by atoms with van der Waals surface area (Å²) < 4.78 is 27.8. The first-order valence-electron chi connectivity index (χ1n) is 5.82. The zero-order valence-corrected chi connectivity index (χ0v) is 13.8. The van der Waals surface area contributed by atoms with E-state index in [0.717, 1.165) is 11.3 Å². The predicted molar refractivity (Wildman–Crippen MR) is 84.2 cm³/mol. The van der Waals surface area contributed by atoms with E-state index in [1.165, 1.54) is 22.7 Å². The van der Waals surface area contributed by atoms with Crippen LogP contribution in [0, 0.1) is 0 Å². The first kappa shape index (κ1) is 15.3. The Morgan fingerprint density at radius 3 is 2.68 bits per heavy atom. The molecule has 0 aliphatic carbocycles. The molecule has 0 atom stereocenters. The molecule has 0 aromatic carbocycles. The number of carbonyl (C=O) groups excluding carboxylic acids is 1. The van der Waals surface area contributed by atoms with Crippen LogP contribution < -0.4 is 4.72 Å². The van der Waals surface area contributed by atoms with Crippen molar-refractivity contribution in [3.05, 3.63) is 51.6 Å². The minimum absolute atomic E-state index is 0.0338. The Balaban J connectivity index is 1.89. The molecule has 6 nitrogen and oxygen atoms in total. The van der Waals surface area contributed by atoms with Crippen LogP contribution in [-0.4, -0.2) is 23.9 Å². The van der Waals surface area contributed by atoms with Crippen LogP contribution in [0.1, 0.15) is 10.5 Å². The summed E-state index contributed by atoms with van der Waals surface area (Å²) in [6.45, 7) is 0. The number of halogens is 2. The molecule has 0 fully saturated rings. The molecule has 0 unspecified atom stereocenters. The van der Waals surface area contributed by atoms with E-state index < -0.39 is 15.9 Å². The summed E-state index contributed by atoms with van der Waals surface area (Å²) >= 11 is 12.4. The quantitative estimate of drug-likeness (QED) is 0.762. The zero-order valence-electron chi connectivity index (χ0n) is 10.7. The maximum absolute atomic E-state index is 12.1. The van der Waals surface area contributed by atoms with Gasteiger partial charge in [0.05, 0.1) is 9.85 Å². The number of nitrogens with one attached hydrogen (secondary N) is 1. The highest BCUT2D eigenvalue weighted by Gasteiger charge is 2.22. The number of hydrogen-bond donors (Lipinski definition) is 1. The third kappa shape index (κ3) is 2.95. The number of rotatable bonds is 3. The molecule has 0 aliphatic heterocycles. The van der Waals surface area contributed by atoms with Gasteiger partial charge in [-0.1, -0.05) is 23.2 Å². The highest BCUT2D eigenvalue weighted by molar-refractivity contribution is 7.92. The fourth-order valence-electron chi connectivity index (χ4n) is 1.74. The third-order valence-electron chi connectivity index (χ3n) is 2.70. The van der Waals surface area contributed by atoms with Gasteiger partial charge in [-0.2, -0.15) is 5.10 Å². The first-order valence-corrected chi connectivity index (χ1v) is 8.88. The van der Waals surface area contributed by atoms with E-state index in [1.807, 2.05) is 4.72 Å². The maximum Gasteiger partial charge on any atom is 0.285 e. The Bertz CT molecular complexity index is 979. The number of sulfonamides is 1. The van der Waals surface area contributed by atoms with Crippen molar-refractivity contribution in [3.8, 4) is 0 Å². The molecule has 22 heavy (non-hydrogen) atoms. The van der Waals surface area contributed by atoms with Crippen LogP contribution in [-0.2, 0) is 10.0 Å². The third-order valence-corrected chi connectivity index (χ3v) is 5.99. The van der Waals surface area contributed by atoms with E-state index in [4.69, 9.17) is 23.2 Å². The summed E-state index contributed by atoms with van der Waals surface area (Å²) in [7, 11) is -3.97. The van der Waals surface area contributed by atoms with Crippen LogP contribution in [0.3, 0.4) is 0 Å². The lowest BCUT2D eigenvalue weighted by Crippen LogP contribution is -2.30. The normalized spacial score (nSPS) is 11.7. The second-order valence-corrected chi connectivity index (χ2v) is 8.30. The first-order chi connectivity index (χ1) is 10.3. The van der Waals surface area contributed by atoms with E-state index in [-0.39, 0.29) is 9.90 Å². The number of pyridine rings is 1. The van der Waals surface area contributed by atoms with Gasteiger partial charge >= 0.3 is 0 Å². The van der Waals surface area contributed by atoms with Crippen molar-refractivity contribution in [1.82, 2.24) is 14.3 Å². The van der Waals surface area contributed by atoms with Crippen molar-refractivity contribution in [2.45, 2.75) is 4.21 Å². The molecule has 0 saturated heterocycles. The number of nitrogens with zero attached hydrogens (tertiary/aromatic N) is 2. The minimum Gasteiger partial charge on any atom is -0.266 e. The van der Waals surface area contributed by atoms with E-state index in [0.29, 0.717) is 14.9 Å². The number of amides is 1. The Morgan fingerprint density at radius 1 is 1.23 bits per heavy atom. The monoisotopic (exact) mass is 375 g/mol. The molecule has 0 aliphatic rings. The number of aromatic nitrogens is 2. The number of carbonyl (C=O) groups is 1. The number of thiophene rings is 1. The van der Waals surface area contributed by atoms with Gasteiger partial charge < -0.3 is 0 Å². The van der Waals surface area contributed by atoms with Crippen molar-refractivity contribution < 1.29 is 13.2 Å². The lowest BCUT2D eigenvalue weighted by molar-refractivity contribution is 0.0976. The Hall–Kier alpha value is -1.61. The average molecular weight is 376 g/mol. The Morgan fingerprint density at radius 2 is 2.00 bits per heavy atom. The topological polar surface area (TPSA) is 80.5 Å². The summed E-state index contributed by atoms with van der Waals surface area (Å²) in [4.78, 5) is 12.1. The summed E-state index contributed by atoms with van der Waals surface area (Å²) in [5.74, 6) is -0.829. The fraction of sp³-hybridized carbons (Fsp3) is 0. The van der Waals surface area contributed by atoms with Crippen molar-refractivity contribution in [1.29, 1.82) is 0 Å². The number of fused-ring (bicyclic) bond motifs is 1. The van der Waals surface area contributed by atoms with E-state index in [9.17, 15) is 13.2 Å². The van der Waals surface area contributed by atoms with Gasteiger partial charge in [0.2, 0.25) is 0 Å². The molecule has 1 N–H and O–H groups in total. The molecule has 0 radical (unpaired) electrons. The zero-order chi connectivity index (χ0) is 15.9. The van der Waals surface area contributed by atoms with Crippen LogP contribution in [0.25, 0.3) is 5.52 Å². The van der Waals surface area contributed by atoms with Crippen LogP contribution >= 0.6 is 34.5 Å². The molecular formula is C12H7Cl2N3O3S2. The summed E-state index contributed by atoms with van der Waals surface area (Å²) in [6, 6.07) is 7.43. The molecule has 3 rings (SSSR count). The molecule has 3 aromatic rings.